The predicted octanol–water partition coefficient (Wildman–Crippen LogP) is 3.27. The molecule has 1 amide bonds. The van der Waals surface area contributed by atoms with Gasteiger partial charge in [-0.05, 0) is 57.0 Å². The molecule has 7 nitrogen and oxygen atoms in total. The molecule has 0 aromatic heterocycles. The summed E-state index contributed by atoms with van der Waals surface area (Å²) in [4.78, 5) is 25.1. The Morgan fingerprint density at radius 3 is 2.41 bits per heavy atom. The van der Waals surface area contributed by atoms with Gasteiger partial charge in [0.1, 0.15) is 6.04 Å². The summed E-state index contributed by atoms with van der Waals surface area (Å²) in [5, 5.41) is 2.66. The van der Waals surface area contributed by atoms with Gasteiger partial charge < -0.3 is 10.1 Å². The van der Waals surface area contributed by atoms with Crippen LogP contribution in [-0.4, -0.2) is 39.2 Å². The molecule has 0 heterocycles. The second-order valence-electron chi connectivity index (χ2n) is 6.78. The molecule has 156 valence electrons. The summed E-state index contributed by atoms with van der Waals surface area (Å²) >= 11 is 0. The number of amides is 1. The zero-order chi connectivity index (χ0) is 21.8. The average Bonchev–Trinajstić information content (AvgIpc) is 2.64. The second kappa shape index (κ2) is 9.09. The molecule has 1 N–H and O–H groups in total. The lowest BCUT2D eigenvalue weighted by Gasteiger charge is -2.30. The van der Waals surface area contributed by atoms with E-state index >= 15 is 0 Å². The molecule has 2 aromatic rings. The number of nitrogens with one attached hydrogen (secondary N) is 1. The highest BCUT2D eigenvalue weighted by Gasteiger charge is 2.31. The van der Waals surface area contributed by atoms with Crippen LogP contribution in [0.15, 0.2) is 42.5 Å². The summed E-state index contributed by atoms with van der Waals surface area (Å²) in [6.45, 7) is 7.03. The van der Waals surface area contributed by atoms with E-state index in [9.17, 15) is 18.0 Å². The Labute approximate surface area is 171 Å². The molecule has 0 unspecified atom stereocenters. The number of carbonyl (C=O) groups is 2. The molecule has 0 bridgehead atoms. The van der Waals surface area contributed by atoms with Crippen LogP contribution in [0.1, 0.15) is 35.3 Å². The van der Waals surface area contributed by atoms with Crippen molar-refractivity contribution in [3.8, 4) is 0 Å². The highest BCUT2D eigenvalue weighted by Crippen LogP contribution is 2.27. The summed E-state index contributed by atoms with van der Waals surface area (Å²) in [5.41, 5.74) is 2.51. The van der Waals surface area contributed by atoms with Gasteiger partial charge in [-0.2, -0.15) is 0 Å². The topological polar surface area (TPSA) is 92.8 Å². The van der Waals surface area contributed by atoms with E-state index < -0.39 is 27.9 Å². The monoisotopic (exact) mass is 418 g/mol. The van der Waals surface area contributed by atoms with E-state index in [4.69, 9.17) is 4.74 Å². The molecular weight excluding hydrogens is 392 g/mol. The zero-order valence-electron chi connectivity index (χ0n) is 17.2. The van der Waals surface area contributed by atoms with Gasteiger partial charge in [0.05, 0.1) is 29.8 Å². The third-order valence-electron chi connectivity index (χ3n) is 4.37. The van der Waals surface area contributed by atoms with E-state index in [1.165, 1.54) is 13.0 Å². The normalized spacial score (nSPS) is 12.2. The smallest absolute Gasteiger partial charge is 0.340 e. The molecule has 0 aliphatic heterocycles. The number of ether oxygens (including phenoxy) is 1. The minimum atomic E-state index is -3.75. The lowest BCUT2D eigenvalue weighted by Crippen LogP contribution is -2.45. The van der Waals surface area contributed by atoms with E-state index in [-0.39, 0.29) is 17.9 Å². The first-order valence-corrected chi connectivity index (χ1v) is 11.0. The molecule has 8 heteroatoms. The third-order valence-corrected chi connectivity index (χ3v) is 5.60. The molecule has 0 radical (unpaired) electrons. The number of rotatable bonds is 7. The largest absolute Gasteiger partial charge is 0.462 e. The summed E-state index contributed by atoms with van der Waals surface area (Å²) in [5.74, 6) is -1.13. The quantitative estimate of drug-likeness (QED) is 0.697. The van der Waals surface area contributed by atoms with Crippen LogP contribution >= 0.6 is 0 Å². The van der Waals surface area contributed by atoms with Crippen molar-refractivity contribution in [1.29, 1.82) is 0 Å². The summed E-state index contributed by atoms with van der Waals surface area (Å²) < 4.78 is 31.2. The number of anilines is 2. The minimum absolute atomic E-state index is 0.200. The van der Waals surface area contributed by atoms with Crippen LogP contribution in [-0.2, 0) is 19.6 Å². The average molecular weight is 419 g/mol. The van der Waals surface area contributed by atoms with Gasteiger partial charge in [-0.1, -0.05) is 24.3 Å². The number of aryl methyl sites for hydroxylation is 2. The van der Waals surface area contributed by atoms with Gasteiger partial charge in [-0.25, -0.2) is 13.2 Å². The number of hydrogen-bond acceptors (Lipinski definition) is 5. The van der Waals surface area contributed by atoms with E-state index in [0.29, 0.717) is 5.69 Å². The summed E-state index contributed by atoms with van der Waals surface area (Å²) in [7, 11) is -3.75. The van der Waals surface area contributed by atoms with Crippen LogP contribution in [0.5, 0.6) is 0 Å². The minimum Gasteiger partial charge on any atom is -0.462 e. The van der Waals surface area contributed by atoms with Crippen LogP contribution in [0, 0.1) is 13.8 Å². The SMILES string of the molecule is CCOC(=O)c1ccccc1NC(=O)[C@@H](C)N(c1cc(C)ccc1C)S(C)(=O)=O. The number of sulfonamides is 1. The van der Waals surface area contributed by atoms with Crippen LogP contribution in [0.3, 0.4) is 0 Å². The van der Waals surface area contributed by atoms with Crippen molar-refractivity contribution < 1.29 is 22.7 Å². The molecule has 0 aliphatic rings. The van der Waals surface area contributed by atoms with Crippen molar-refractivity contribution >= 4 is 33.3 Å². The van der Waals surface area contributed by atoms with Crippen molar-refractivity contribution in [2.24, 2.45) is 0 Å². The van der Waals surface area contributed by atoms with Crippen molar-refractivity contribution in [3.05, 3.63) is 59.2 Å². The van der Waals surface area contributed by atoms with Gasteiger partial charge in [-0.3, -0.25) is 9.10 Å². The van der Waals surface area contributed by atoms with Crippen LogP contribution in [0.2, 0.25) is 0 Å². The molecule has 2 aromatic carbocycles. The molecule has 0 saturated heterocycles. The molecule has 0 saturated carbocycles. The fraction of sp³-hybridized carbons (Fsp3) is 0.333. The summed E-state index contributed by atoms with van der Waals surface area (Å²) in [6.07, 6.45) is 1.06. The van der Waals surface area contributed by atoms with Crippen LogP contribution < -0.4 is 9.62 Å². The van der Waals surface area contributed by atoms with Gasteiger partial charge in [0.2, 0.25) is 15.9 Å². The highest BCUT2D eigenvalue weighted by atomic mass is 32.2. The Hall–Kier alpha value is -2.87. The maximum absolute atomic E-state index is 12.9. The molecule has 0 aliphatic carbocycles. The first kappa shape index (κ1) is 22.4. The predicted molar refractivity (Wildman–Crippen MR) is 114 cm³/mol. The standard InChI is InChI=1S/C21H26N2O5S/c1-6-28-21(25)17-9-7-8-10-18(17)22-20(24)16(4)23(29(5,26)27)19-13-14(2)11-12-15(19)3/h7-13,16H,6H2,1-5H3,(H,22,24)/t16-/m1/s1. The van der Waals surface area contributed by atoms with Crippen molar-refractivity contribution in [2.45, 2.75) is 33.7 Å². The van der Waals surface area contributed by atoms with Crippen molar-refractivity contribution in [2.75, 3.05) is 22.5 Å². The second-order valence-corrected chi connectivity index (χ2v) is 8.64. The first-order chi connectivity index (χ1) is 13.6. The number of hydrogen-bond donors (Lipinski definition) is 1. The fourth-order valence-corrected chi connectivity index (χ4v) is 4.18. The van der Waals surface area contributed by atoms with Crippen LogP contribution in [0.25, 0.3) is 0 Å². The number of para-hydroxylation sites is 1. The Balaban J connectivity index is 2.39. The van der Waals surface area contributed by atoms with Crippen LogP contribution in [0.4, 0.5) is 11.4 Å². The lowest BCUT2D eigenvalue weighted by molar-refractivity contribution is -0.116. The fourth-order valence-electron chi connectivity index (χ4n) is 2.95. The Morgan fingerprint density at radius 1 is 1.14 bits per heavy atom. The van der Waals surface area contributed by atoms with Gasteiger partial charge in [0, 0.05) is 0 Å². The zero-order valence-corrected chi connectivity index (χ0v) is 18.0. The van der Waals surface area contributed by atoms with Gasteiger partial charge in [0.25, 0.3) is 0 Å². The number of carbonyl (C=O) groups excluding carboxylic acids is 2. The molecular formula is C21H26N2O5S. The summed E-state index contributed by atoms with van der Waals surface area (Å²) in [6, 6.07) is 10.8. The maximum atomic E-state index is 12.9. The number of benzene rings is 2. The first-order valence-electron chi connectivity index (χ1n) is 9.20. The van der Waals surface area contributed by atoms with E-state index in [2.05, 4.69) is 5.32 Å². The van der Waals surface area contributed by atoms with E-state index in [1.54, 1.807) is 38.1 Å². The molecule has 1 atom stereocenters. The molecule has 2 rings (SSSR count). The Bertz CT molecular complexity index is 1020. The molecule has 29 heavy (non-hydrogen) atoms. The van der Waals surface area contributed by atoms with Gasteiger partial charge >= 0.3 is 5.97 Å². The Kier molecular flexibility index (Phi) is 7.02. The van der Waals surface area contributed by atoms with Gasteiger partial charge in [-0.15, -0.1) is 0 Å². The number of nitrogens with zero attached hydrogens (tertiary/aromatic N) is 1. The number of esters is 1. The third kappa shape index (κ3) is 5.35. The molecule has 0 fully saturated rings. The highest BCUT2D eigenvalue weighted by molar-refractivity contribution is 7.92. The maximum Gasteiger partial charge on any atom is 0.340 e. The van der Waals surface area contributed by atoms with Crippen molar-refractivity contribution in [1.82, 2.24) is 0 Å². The Morgan fingerprint density at radius 2 is 1.79 bits per heavy atom. The van der Waals surface area contributed by atoms with Crippen molar-refractivity contribution in [3.63, 3.8) is 0 Å². The van der Waals surface area contributed by atoms with Gasteiger partial charge in [0.15, 0.2) is 0 Å². The lowest BCUT2D eigenvalue weighted by atomic mass is 10.1. The van der Waals surface area contributed by atoms with E-state index in [1.807, 2.05) is 19.1 Å². The van der Waals surface area contributed by atoms with E-state index in [0.717, 1.165) is 21.7 Å². The molecule has 0 spiro atoms.